The summed E-state index contributed by atoms with van der Waals surface area (Å²) in [4.78, 5) is 31.1. The van der Waals surface area contributed by atoms with E-state index in [0.29, 0.717) is 19.0 Å². The average molecular weight is 316 g/mol. The van der Waals surface area contributed by atoms with Crippen molar-refractivity contribution >= 4 is 16.9 Å². The third-order valence-corrected chi connectivity index (χ3v) is 4.70. The van der Waals surface area contributed by atoms with Gasteiger partial charge in [0.15, 0.2) is 0 Å². The first kappa shape index (κ1) is 15.8. The van der Waals surface area contributed by atoms with Gasteiger partial charge in [0.1, 0.15) is 0 Å². The maximum Gasteiger partial charge on any atom is 0.323 e. The van der Waals surface area contributed by atoms with E-state index in [1.54, 1.807) is 0 Å². The number of amides is 1. The first-order valence-electron chi connectivity index (χ1n) is 8.30. The summed E-state index contributed by atoms with van der Waals surface area (Å²) >= 11 is 0. The van der Waals surface area contributed by atoms with Gasteiger partial charge >= 0.3 is 5.69 Å². The summed E-state index contributed by atoms with van der Waals surface area (Å²) in [6, 6.07) is 6.20. The van der Waals surface area contributed by atoms with E-state index in [0.717, 1.165) is 29.6 Å². The van der Waals surface area contributed by atoms with Crippen LogP contribution < -0.4 is 11.0 Å². The predicted molar refractivity (Wildman–Crippen MR) is 90.3 cm³/mol. The largest absolute Gasteiger partial charge is 0.352 e. The second-order valence-electron chi connectivity index (χ2n) is 6.40. The Morgan fingerprint density at radius 1 is 1.30 bits per heavy atom. The van der Waals surface area contributed by atoms with Crippen molar-refractivity contribution in [3.8, 4) is 0 Å². The van der Waals surface area contributed by atoms with Gasteiger partial charge in [0.25, 0.3) is 0 Å². The molecule has 1 aromatic heterocycles. The summed E-state index contributed by atoms with van der Waals surface area (Å²) in [5, 5.41) is 2.97. The molecule has 6 heteroatoms. The number of imidazole rings is 1. The first-order valence-corrected chi connectivity index (χ1v) is 8.30. The third-order valence-electron chi connectivity index (χ3n) is 4.70. The lowest BCUT2D eigenvalue weighted by molar-refractivity contribution is -0.121. The highest BCUT2D eigenvalue weighted by atomic mass is 16.1. The Labute approximate surface area is 135 Å². The van der Waals surface area contributed by atoms with Crippen LogP contribution in [0.15, 0.2) is 23.0 Å². The van der Waals surface area contributed by atoms with Crippen molar-refractivity contribution in [3.05, 3.63) is 34.2 Å². The number of benzene rings is 1. The van der Waals surface area contributed by atoms with Crippen LogP contribution in [0, 0.1) is 0 Å². The number of aromatic amines is 2. The van der Waals surface area contributed by atoms with Crippen LogP contribution >= 0.6 is 0 Å². The molecule has 0 bridgehead atoms. The van der Waals surface area contributed by atoms with Gasteiger partial charge in [0.2, 0.25) is 5.91 Å². The van der Waals surface area contributed by atoms with Crippen molar-refractivity contribution in [1.29, 1.82) is 0 Å². The van der Waals surface area contributed by atoms with Crippen LogP contribution in [0.4, 0.5) is 0 Å². The van der Waals surface area contributed by atoms with Crippen LogP contribution in [0.5, 0.6) is 0 Å². The van der Waals surface area contributed by atoms with Crippen LogP contribution in [0.25, 0.3) is 11.0 Å². The molecule has 6 nitrogen and oxygen atoms in total. The Bertz CT molecular complexity index is 734. The maximum atomic E-state index is 12.0. The van der Waals surface area contributed by atoms with E-state index in [9.17, 15) is 9.59 Å². The van der Waals surface area contributed by atoms with E-state index in [4.69, 9.17) is 0 Å². The summed E-state index contributed by atoms with van der Waals surface area (Å²) in [5.74, 6) is 0.0895. The van der Waals surface area contributed by atoms with E-state index < -0.39 is 0 Å². The summed E-state index contributed by atoms with van der Waals surface area (Å²) < 4.78 is 0. The number of fused-ring (bicyclic) bond motifs is 1. The fraction of sp³-hybridized carbons (Fsp3) is 0.529. The number of hydrogen-bond acceptors (Lipinski definition) is 3. The maximum absolute atomic E-state index is 12.0. The zero-order valence-electron chi connectivity index (χ0n) is 13.5. The van der Waals surface area contributed by atoms with E-state index >= 15 is 0 Å². The molecule has 0 aliphatic carbocycles. The number of carbonyl (C=O) groups excluding carboxylic acids is 1. The van der Waals surface area contributed by atoms with Crippen LogP contribution in [0.1, 0.15) is 37.7 Å². The quantitative estimate of drug-likeness (QED) is 0.786. The summed E-state index contributed by atoms with van der Waals surface area (Å²) in [6.07, 6.45) is 5.22. The number of nitrogens with zero attached hydrogens (tertiary/aromatic N) is 1. The van der Waals surface area contributed by atoms with Crippen molar-refractivity contribution in [2.75, 3.05) is 13.6 Å². The molecule has 1 amide bonds. The molecule has 1 fully saturated rings. The zero-order chi connectivity index (χ0) is 16.2. The Morgan fingerprint density at radius 2 is 2.13 bits per heavy atom. The topological polar surface area (TPSA) is 81.0 Å². The number of carbonyl (C=O) groups is 1. The minimum absolute atomic E-state index is 0.0895. The molecule has 2 heterocycles. The molecule has 1 aliphatic rings. The van der Waals surface area contributed by atoms with Crippen molar-refractivity contribution in [2.45, 2.75) is 44.7 Å². The van der Waals surface area contributed by atoms with Gasteiger partial charge in [0, 0.05) is 19.0 Å². The Kier molecular flexibility index (Phi) is 4.81. The molecule has 3 rings (SSSR count). The van der Waals surface area contributed by atoms with Gasteiger partial charge in [-0.2, -0.15) is 0 Å². The SMILES string of the molecule is CN1CCCCC1CCC(=O)NCc1ccc2[nH]c(=O)[nH]c2c1. The van der Waals surface area contributed by atoms with E-state index in [1.807, 2.05) is 18.2 Å². The Balaban J connectivity index is 1.48. The van der Waals surface area contributed by atoms with E-state index in [-0.39, 0.29) is 11.6 Å². The second kappa shape index (κ2) is 7.00. The lowest BCUT2D eigenvalue weighted by Gasteiger charge is -2.32. The normalized spacial score (nSPS) is 19.1. The van der Waals surface area contributed by atoms with Gasteiger partial charge in [-0.25, -0.2) is 4.79 Å². The van der Waals surface area contributed by atoms with Crippen molar-refractivity contribution in [2.24, 2.45) is 0 Å². The molecule has 1 aromatic carbocycles. The number of likely N-dealkylation sites (tertiary alicyclic amines) is 1. The van der Waals surface area contributed by atoms with Crippen LogP contribution in [0.2, 0.25) is 0 Å². The van der Waals surface area contributed by atoms with E-state index in [2.05, 4.69) is 27.2 Å². The molecule has 2 aromatic rings. The third kappa shape index (κ3) is 4.01. The number of rotatable bonds is 5. The fourth-order valence-electron chi connectivity index (χ4n) is 3.29. The Hall–Kier alpha value is -2.08. The number of nitrogens with one attached hydrogen (secondary N) is 3. The van der Waals surface area contributed by atoms with Gasteiger partial charge in [-0.3, -0.25) is 4.79 Å². The van der Waals surface area contributed by atoms with Crippen LogP contribution in [-0.2, 0) is 11.3 Å². The molecular formula is C17H24N4O2. The summed E-state index contributed by atoms with van der Waals surface area (Å²) in [6.45, 7) is 1.63. The van der Waals surface area contributed by atoms with Crippen molar-refractivity contribution < 1.29 is 4.79 Å². The van der Waals surface area contributed by atoms with Gasteiger partial charge < -0.3 is 20.2 Å². The summed E-state index contributed by atoms with van der Waals surface area (Å²) in [5.41, 5.74) is 2.32. The molecule has 1 aliphatic heterocycles. The van der Waals surface area contributed by atoms with E-state index in [1.165, 1.54) is 19.3 Å². The smallest absolute Gasteiger partial charge is 0.323 e. The molecule has 3 N–H and O–H groups in total. The average Bonchev–Trinajstić information content (AvgIpc) is 2.91. The molecule has 0 spiro atoms. The number of piperidine rings is 1. The molecule has 124 valence electrons. The minimum atomic E-state index is -0.210. The highest BCUT2D eigenvalue weighted by Gasteiger charge is 2.19. The van der Waals surface area contributed by atoms with Gasteiger partial charge in [-0.1, -0.05) is 12.5 Å². The highest BCUT2D eigenvalue weighted by molar-refractivity contribution is 5.77. The van der Waals surface area contributed by atoms with Crippen LogP contribution in [0.3, 0.4) is 0 Å². The zero-order valence-corrected chi connectivity index (χ0v) is 13.5. The second-order valence-corrected chi connectivity index (χ2v) is 6.40. The Morgan fingerprint density at radius 3 is 2.96 bits per heavy atom. The van der Waals surface area contributed by atoms with Crippen molar-refractivity contribution in [1.82, 2.24) is 20.2 Å². The molecule has 1 atom stereocenters. The fourth-order valence-corrected chi connectivity index (χ4v) is 3.29. The van der Waals surface area contributed by atoms with Gasteiger partial charge in [-0.05, 0) is 50.6 Å². The molecule has 0 saturated carbocycles. The molecular weight excluding hydrogens is 292 g/mol. The highest BCUT2D eigenvalue weighted by Crippen LogP contribution is 2.19. The number of H-pyrrole nitrogens is 2. The van der Waals surface area contributed by atoms with Crippen molar-refractivity contribution in [3.63, 3.8) is 0 Å². The lowest BCUT2D eigenvalue weighted by Crippen LogP contribution is -2.37. The molecule has 0 radical (unpaired) electrons. The molecule has 1 saturated heterocycles. The number of aromatic nitrogens is 2. The monoisotopic (exact) mass is 316 g/mol. The standard InChI is InChI=1S/C17H24N4O2/c1-21-9-3-2-4-13(21)6-8-16(22)18-11-12-5-7-14-15(10-12)20-17(23)19-14/h5,7,10,13H,2-4,6,8-9,11H2,1H3,(H,18,22)(H2,19,20,23). The minimum Gasteiger partial charge on any atom is -0.352 e. The molecule has 23 heavy (non-hydrogen) atoms. The van der Waals surface area contributed by atoms with Gasteiger partial charge in [-0.15, -0.1) is 0 Å². The predicted octanol–water partition coefficient (Wildman–Crippen LogP) is 1.74. The van der Waals surface area contributed by atoms with Crippen LogP contribution in [-0.4, -0.2) is 40.4 Å². The number of hydrogen-bond donors (Lipinski definition) is 3. The van der Waals surface area contributed by atoms with Gasteiger partial charge in [0.05, 0.1) is 11.0 Å². The first-order chi connectivity index (χ1) is 11.1. The summed E-state index contributed by atoms with van der Waals surface area (Å²) in [7, 11) is 2.15. The molecule has 1 unspecified atom stereocenters. The lowest BCUT2D eigenvalue weighted by atomic mass is 9.98.